The Labute approximate surface area is 177 Å². The number of sulfonamides is 1. The fourth-order valence-corrected chi connectivity index (χ4v) is 6.85. The van der Waals surface area contributed by atoms with Crippen LogP contribution in [0.15, 0.2) is 46.7 Å². The van der Waals surface area contributed by atoms with Gasteiger partial charge in [0.2, 0.25) is 10.0 Å². The Morgan fingerprint density at radius 3 is 2.28 bits per heavy atom. The quantitative estimate of drug-likeness (QED) is 0.787. The molecule has 3 heterocycles. The third-order valence-electron chi connectivity index (χ3n) is 6.48. The van der Waals surface area contributed by atoms with Crippen molar-refractivity contribution >= 4 is 21.4 Å². The van der Waals surface area contributed by atoms with E-state index in [0.29, 0.717) is 18.0 Å². The summed E-state index contributed by atoms with van der Waals surface area (Å²) >= 11 is 1.66. The number of nitrogens with one attached hydrogen (secondary N) is 1. The van der Waals surface area contributed by atoms with Crippen LogP contribution in [-0.4, -0.2) is 74.1 Å². The van der Waals surface area contributed by atoms with Crippen LogP contribution in [0.5, 0.6) is 0 Å². The highest BCUT2D eigenvalue weighted by Gasteiger charge is 2.40. The van der Waals surface area contributed by atoms with Gasteiger partial charge in [-0.1, -0.05) is 24.6 Å². The molecule has 1 unspecified atom stereocenters. The molecule has 1 atom stereocenters. The minimum Gasteiger partial charge on any atom is -0.298 e. The smallest absolute Gasteiger partial charge is 0.245 e. The molecule has 1 aliphatic carbocycles. The molecule has 1 N–H and O–H groups in total. The van der Waals surface area contributed by atoms with Crippen molar-refractivity contribution in [3.8, 4) is 10.4 Å². The molecule has 156 valence electrons. The van der Waals surface area contributed by atoms with Gasteiger partial charge in [0, 0.05) is 50.2 Å². The predicted molar refractivity (Wildman–Crippen MR) is 116 cm³/mol. The van der Waals surface area contributed by atoms with E-state index in [1.54, 1.807) is 27.8 Å². The zero-order chi connectivity index (χ0) is 19.8. The molecule has 1 aromatic carbocycles. The second-order valence-electron chi connectivity index (χ2n) is 8.10. The fourth-order valence-electron chi connectivity index (χ4n) is 4.56. The highest BCUT2D eigenvalue weighted by atomic mass is 32.2. The van der Waals surface area contributed by atoms with E-state index in [9.17, 15) is 8.42 Å². The molecule has 2 aliphatic heterocycles. The summed E-state index contributed by atoms with van der Waals surface area (Å²) in [5.41, 5.74) is 1.06. The van der Waals surface area contributed by atoms with Crippen LogP contribution in [0.25, 0.3) is 10.4 Å². The lowest BCUT2D eigenvalue weighted by atomic mass is 9.91. The maximum atomic E-state index is 13.4. The molecule has 3 fully saturated rings. The zero-order valence-corrected chi connectivity index (χ0v) is 18.2. The maximum absolute atomic E-state index is 13.4. The van der Waals surface area contributed by atoms with Crippen LogP contribution in [0, 0.1) is 0 Å². The van der Waals surface area contributed by atoms with Crippen molar-refractivity contribution in [2.45, 2.75) is 36.5 Å². The van der Waals surface area contributed by atoms with Crippen LogP contribution in [-0.2, 0) is 10.0 Å². The lowest BCUT2D eigenvalue weighted by Gasteiger charge is -2.45. The lowest BCUT2D eigenvalue weighted by molar-refractivity contribution is 0.0170. The van der Waals surface area contributed by atoms with Crippen LogP contribution in [0.4, 0.5) is 0 Å². The van der Waals surface area contributed by atoms with Crippen LogP contribution in [0.3, 0.4) is 0 Å². The largest absolute Gasteiger partial charge is 0.298 e. The third kappa shape index (κ3) is 3.78. The van der Waals surface area contributed by atoms with Crippen LogP contribution >= 0.6 is 11.3 Å². The molecule has 3 aliphatic rings. The first-order valence-corrected chi connectivity index (χ1v) is 12.8. The summed E-state index contributed by atoms with van der Waals surface area (Å²) in [6.45, 7) is 5.11. The van der Waals surface area contributed by atoms with Crippen LogP contribution in [0.2, 0.25) is 0 Å². The average Bonchev–Trinajstić information content (AvgIpc) is 3.40. The molecule has 0 radical (unpaired) electrons. The van der Waals surface area contributed by atoms with Crippen molar-refractivity contribution in [3.63, 3.8) is 0 Å². The molecule has 1 saturated carbocycles. The summed E-state index contributed by atoms with van der Waals surface area (Å²) in [5.74, 6) is 0. The minimum atomic E-state index is -3.53. The number of nitrogens with zero attached hydrogens (tertiary/aromatic N) is 3. The Balaban J connectivity index is 1.29. The molecule has 29 heavy (non-hydrogen) atoms. The number of hydrogen-bond acceptors (Lipinski definition) is 6. The first-order chi connectivity index (χ1) is 14.1. The van der Waals surface area contributed by atoms with Gasteiger partial charge in [0.25, 0.3) is 0 Å². The Morgan fingerprint density at radius 2 is 1.66 bits per heavy atom. The summed E-state index contributed by atoms with van der Waals surface area (Å²) < 4.78 is 28.4. The molecule has 2 aromatic rings. The lowest BCUT2D eigenvalue weighted by Crippen LogP contribution is -2.60. The van der Waals surface area contributed by atoms with Gasteiger partial charge in [-0.25, -0.2) is 8.42 Å². The van der Waals surface area contributed by atoms with Crippen molar-refractivity contribution in [1.29, 1.82) is 0 Å². The third-order valence-corrected chi connectivity index (χ3v) is 9.27. The molecule has 6 nitrogen and oxygen atoms in total. The highest BCUT2D eigenvalue weighted by Crippen LogP contribution is 2.29. The van der Waals surface area contributed by atoms with E-state index in [2.05, 4.69) is 21.2 Å². The molecule has 8 heteroatoms. The molecular weight excluding hydrogens is 404 g/mol. The molecule has 0 spiro atoms. The second kappa shape index (κ2) is 8.09. The Bertz CT molecular complexity index is 918. The molecule has 1 aromatic heterocycles. The van der Waals surface area contributed by atoms with Crippen LogP contribution < -0.4 is 5.32 Å². The fraction of sp³-hybridized carbons (Fsp3) is 0.524. The van der Waals surface area contributed by atoms with Crippen molar-refractivity contribution in [2.75, 3.05) is 39.3 Å². The van der Waals surface area contributed by atoms with E-state index in [0.717, 1.165) is 42.7 Å². The van der Waals surface area contributed by atoms with Crippen molar-refractivity contribution in [1.82, 2.24) is 19.4 Å². The van der Waals surface area contributed by atoms with Gasteiger partial charge in [0.1, 0.15) is 6.29 Å². The van der Waals surface area contributed by atoms with Crippen molar-refractivity contribution < 1.29 is 8.42 Å². The van der Waals surface area contributed by atoms with Crippen molar-refractivity contribution in [2.24, 2.45) is 0 Å². The molecule has 5 rings (SSSR count). The first-order valence-electron chi connectivity index (χ1n) is 10.5. The van der Waals surface area contributed by atoms with E-state index in [4.69, 9.17) is 0 Å². The van der Waals surface area contributed by atoms with E-state index in [-0.39, 0.29) is 6.29 Å². The number of thiophene rings is 1. The standard InChI is InChI=1S/C21H28N4O2S2/c26-29(27,19-8-6-17(7-9-19)20-5-2-16-28-20)25-11-10-22-21(25)24-14-12-23(13-15-24)18-3-1-4-18/h2,5-9,16,18,21-22H,1,3-4,10-15H2. The summed E-state index contributed by atoms with van der Waals surface area (Å²) in [7, 11) is -3.53. The SMILES string of the molecule is O=S(=O)(c1ccc(-c2cccs2)cc1)N1CCNC1N1CCN(C2CCC2)CC1. The first kappa shape index (κ1) is 19.7. The second-order valence-corrected chi connectivity index (χ2v) is 10.9. The Hall–Kier alpha value is -1.29. The van der Waals surface area contributed by atoms with Gasteiger partial charge in [0.05, 0.1) is 4.90 Å². The van der Waals surface area contributed by atoms with E-state index < -0.39 is 10.0 Å². The number of rotatable bonds is 5. The molecule has 2 saturated heterocycles. The predicted octanol–water partition coefficient (Wildman–Crippen LogP) is 2.46. The van der Waals surface area contributed by atoms with Gasteiger partial charge < -0.3 is 0 Å². The van der Waals surface area contributed by atoms with Crippen molar-refractivity contribution in [3.05, 3.63) is 41.8 Å². The maximum Gasteiger partial charge on any atom is 0.245 e. The van der Waals surface area contributed by atoms with Crippen LogP contribution in [0.1, 0.15) is 19.3 Å². The topological polar surface area (TPSA) is 55.9 Å². The van der Waals surface area contributed by atoms with E-state index in [1.807, 2.05) is 23.6 Å². The summed E-state index contributed by atoms with van der Waals surface area (Å²) in [6.07, 6.45) is 3.76. The Kier molecular flexibility index (Phi) is 5.49. The normalized spacial score (nSPS) is 25.3. The monoisotopic (exact) mass is 432 g/mol. The highest BCUT2D eigenvalue weighted by molar-refractivity contribution is 7.89. The van der Waals surface area contributed by atoms with E-state index in [1.165, 1.54) is 19.3 Å². The van der Waals surface area contributed by atoms with Gasteiger partial charge in [-0.15, -0.1) is 11.3 Å². The average molecular weight is 433 g/mol. The van der Waals surface area contributed by atoms with Gasteiger partial charge in [0.15, 0.2) is 0 Å². The minimum absolute atomic E-state index is 0.236. The van der Waals surface area contributed by atoms with E-state index >= 15 is 0 Å². The van der Waals surface area contributed by atoms with Gasteiger partial charge in [-0.2, -0.15) is 4.31 Å². The number of benzene rings is 1. The number of piperazine rings is 1. The molecular formula is C21H28N4O2S2. The van der Waals surface area contributed by atoms with Gasteiger partial charge in [-0.05, 0) is 42.0 Å². The van der Waals surface area contributed by atoms with Gasteiger partial charge >= 0.3 is 0 Å². The molecule has 0 amide bonds. The van der Waals surface area contributed by atoms with Gasteiger partial charge in [-0.3, -0.25) is 15.1 Å². The number of hydrogen-bond donors (Lipinski definition) is 1. The Morgan fingerprint density at radius 1 is 0.931 bits per heavy atom. The summed E-state index contributed by atoms with van der Waals surface area (Å²) in [4.78, 5) is 6.40. The zero-order valence-electron chi connectivity index (χ0n) is 16.5. The summed E-state index contributed by atoms with van der Waals surface area (Å²) in [5, 5.41) is 5.45. The molecule has 0 bridgehead atoms. The summed E-state index contributed by atoms with van der Waals surface area (Å²) in [6, 6.07) is 12.1.